The molecule has 0 unspecified atom stereocenters. The van der Waals surface area contributed by atoms with E-state index in [4.69, 9.17) is 4.74 Å². The number of alkyl halides is 2. The molecular weight excluding hydrogens is 382 g/mol. The lowest BCUT2D eigenvalue weighted by atomic mass is 9.94. The van der Waals surface area contributed by atoms with Crippen LogP contribution in [-0.4, -0.2) is 36.6 Å². The van der Waals surface area contributed by atoms with Crippen molar-refractivity contribution < 1.29 is 18.3 Å². The fourth-order valence-electron chi connectivity index (χ4n) is 3.10. The molecule has 1 saturated carbocycles. The van der Waals surface area contributed by atoms with E-state index in [2.05, 4.69) is 4.72 Å². The van der Waals surface area contributed by atoms with Crippen molar-refractivity contribution in [3.8, 4) is 5.75 Å². The van der Waals surface area contributed by atoms with E-state index in [0.29, 0.717) is 18.6 Å². The van der Waals surface area contributed by atoms with Gasteiger partial charge in [0.25, 0.3) is 0 Å². The summed E-state index contributed by atoms with van der Waals surface area (Å²) in [5.74, 6) is -1.96. The number of hydrogen-bond donors (Lipinski definition) is 1. The third kappa shape index (κ3) is 6.55. The second-order valence-corrected chi connectivity index (χ2v) is 7.88. The molecule has 0 saturated heterocycles. The minimum atomic E-state index is -2.59. The fraction of sp³-hybridized carbons (Fsp3) is 0.476. The van der Waals surface area contributed by atoms with Crippen molar-refractivity contribution in [3.63, 3.8) is 0 Å². The largest absolute Gasteiger partial charge is 0.490 e. The number of nitrogens with zero attached hydrogens (tertiary/aromatic N) is 1. The van der Waals surface area contributed by atoms with Crippen LogP contribution in [-0.2, 0) is 4.79 Å². The zero-order valence-electron chi connectivity index (χ0n) is 16.8. The summed E-state index contributed by atoms with van der Waals surface area (Å²) in [6.07, 6.45) is 6.48. The standard InChI is InChI=1S/C21H28F2N2O2S/c1-15(2)11-16(13-25(3)14-26)19-12-17(24-28-4)5-6-20(19)27-18-7-9-21(22,23)10-8-18/h5-6,11-14,18,24H,7-10H2,1-4H3/b16-13+. The van der Waals surface area contributed by atoms with Crippen molar-refractivity contribution in [2.75, 3.05) is 18.0 Å². The third-order valence-corrected chi connectivity index (χ3v) is 4.86. The first-order valence-corrected chi connectivity index (χ1v) is 10.5. The van der Waals surface area contributed by atoms with Crippen LogP contribution in [0.15, 0.2) is 36.0 Å². The van der Waals surface area contributed by atoms with Gasteiger partial charge in [-0.2, -0.15) is 0 Å². The van der Waals surface area contributed by atoms with E-state index in [1.165, 1.54) is 16.8 Å². The Balaban J connectivity index is 2.40. The zero-order valence-corrected chi connectivity index (χ0v) is 17.6. The number of nitrogens with one attached hydrogen (secondary N) is 1. The maximum absolute atomic E-state index is 13.5. The van der Waals surface area contributed by atoms with Crippen LogP contribution in [0.25, 0.3) is 5.57 Å². The maximum Gasteiger partial charge on any atom is 0.248 e. The Bertz CT molecular complexity index is 736. The predicted molar refractivity (Wildman–Crippen MR) is 113 cm³/mol. The first-order valence-electron chi connectivity index (χ1n) is 9.26. The number of benzene rings is 1. The lowest BCUT2D eigenvalue weighted by Gasteiger charge is -2.29. The number of anilines is 1. The third-order valence-electron chi connectivity index (χ3n) is 4.42. The Morgan fingerprint density at radius 1 is 1.32 bits per heavy atom. The van der Waals surface area contributed by atoms with Gasteiger partial charge in [0, 0.05) is 49.2 Å². The molecule has 0 aliphatic heterocycles. The molecule has 7 heteroatoms. The second-order valence-electron chi connectivity index (χ2n) is 7.27. The number of allylic oxidation sites excluding steroid dienone is 3. The SMILES string of the molecule is CSNc1ccc(OC2CCC(F)(F)CC2)c(/C(C=C(C)C)=C/N(C)C=O)c1. The van der Waals surface area contributed by atoms with Crippen LogP contribution in [0.5, 0.6) is 5.75 Å². The Hall–Kier alpha value is -2.02. The zero-order chi connectivity index (χ0) is 20.7. The van der Waals surface area contributed by atoms with Gasteiger partial charge in [0.2, 0.25) is 12.3 Å². The summed E-state index contributed by atoms with van der Waals surface area (Å²) in [5, 5.41) is 0. The average molecular weight is 411 g/mol. The van der Waals surface area contributed by atoms with Crippen molar-refractivity contribution in [2.24, 2.45) is 0 Å². The van der Waals surface area contributed by atoms with E-state index in [1.807, 2.05) is 44.4 Å². The van der Waals surface area contributed by atoms with E-state index in [1.54, 1.807) is 13.2 Å². The summed E-state index contributed by atoms with van der Waals surface area (Å²) in [7, 11) is 1.67. The van der Waals surface area contributed by atoms with Crippen LogP contribution in [0.3, 0.4) is 0 Å². The molecule has 1 aromatic rings. The molecule has 1 aromatic carbocycles. The number of ether oxygens (including phenoxy) is 1. The molecule has 1 fully saturated rings. The normalized spacial score (nSPS) is 17.0. The molecule has 1 aliphatic rings. The molecule has 28 heavy (non-hydrogen) atoms. The number of carbonyl (C=O) groups excluding carboxylic acids is 1. The van der Waals surface area contributed by atoms with Gasteiger partial charge < -0.3 is 14.4 Å². The molecule has 1 N–H and O–H groups in total. The van der Waals surface area contributed by atoms with Crippen LogP contribution in [0.1, 0.15) is 45.1 Å². The summed E-state index contributed by atoms with van der Waals surface area (Å²) in [4.78, 5) is 12.6. The summed E-state index contributed by atoms with van der Waals surface area (Å²) < 4.78 is 36.3. The lowest BCUT2D eigenvalue weighted by Crippen LogP contribution is -2.30. The van der Waals surface area contributed by atoms with E-state index >= 15 is 0 Å². The first-order chi connectivity index (χ1) is 13.2. The highest BCUT2D eigenvalue weighted by atomic mass is 32.2. The molecule has 0 spiro atoms. The Labute approximate surface area is 170 Å². The number of carbonyl (C=O) groups is 1. The highest BCUT2D eigenvalue weighted by Gasteiger charge is 2.36. The highest BCUT2D eigenvalue weighted by Crippen LogP contribution is 2.37. The van der Waals surface area contributed by atoms with E-state index in [-0.39, 0.29) is 18.9 Å². The van der Waals surface area contributed by atoms with Crippen LogP contribution >= 0.6 is 11.9 Å². The van der Waals surface area contributed by atoms with Crippen molar-refractivity contribution in [1.29, 1.82) is 0 Å². The topological polar surface area (TPSA) is 41.6 Å². The van der Waals surface area contributed by atoms with Crippen molar-refractivity contribution >= 4 is 29.6 Å². The first kappa shape index (κ1) is 22.3. The molecule has 2 rings (SSSR count). The van der Waals surface area contributed by atoms with Gasteiger partial charge in [0.15, 0.2) is 0 Å². The Morgan fingerprint density at radius 2 is 2.00 bits per heavy atom. The summed E-state index contributed by atoms with van der Waals surface area (Å²) in [5.41, 5.74) is 3.59. The lowest BCUT2D eigenvalue weighted by molar-refractivity contribution is -0.114. The Kier molecular flexibility index (Phi) is 7.92. The number of halogens is 2. The number of rotatable bonds is 8. The van der Waals surface area contributed by atoms with Gasteiger partial charge in [-0.15, -0.1) is 0 Å². The molecule has 154 valence electrons. The van der Waals surface area contributed by atoms with Crippen molar-refractivity contribution in [2.45, 2.75) is 51.6 Å². The summed E-state index contributed by atoms with van der Waals surface area (Å²) in [6.45, 7) is 3.95. The van der Waals surface area contributed by atoms with Gasteiger partial charge in [0.1, 0.15) is 5.75 Å². The van der Waals surface area contributed by atoms with Crippen LogP contribution in [0, 0.1) is 0 Å². The highest BCUT2D eigenvalue weighted by molar-refractivity contribution is 7.99. The monoisotopic (exact) mass is 410 g/mol. The van der Waals surface area contributed by atoms with Crippen LogP contribution in [0.2, 0.25) is 0 Å². The van der Waals surface area contributed by atoms with Crippen LogP contribution < -0.4 is 9.46 Å². The van der Waals surface area contributed by atoms with Gasteiger partial charge in [-0.3, -0.25) is 4.79 Å². The molecule has 0 atom stereocenters. The summed E-state index contributed by atoms with van der Waals surface area (Å²) in [6, 6.07) is 5.71. The average Bonchev–Trinajstić information content (AvgIpc) is 2.63. The predicted octanol–water partition coefficient (Wildman–Crippen LogP) is 5.73. The second kappa shape index (κ2) is 9.96. The quantitative estimate of drug-likeness (QED) is 0.338. The van der Waals surface area contributed by atoms with Gasteiger partial charge in [-0.05, 0) is 44.9 Å². The van der Waals surface area contributed by atoms with E-state index in [0.717, 1.165) is 28.8 Å². The smallest absolute Gasteiger partial charge is 0.248 e. The molecular formula is C21H28F2N2O2S. The van der Waals surface area contributed by atoms with E-state index in [9.17, 15) is 13.6 Å². The molecule has 0 aromatic heterocycles. The maximum atomic E-state index is 13.5. The van der Waals surface area contributed by atoms with Gasteiger partial charge in [-0.1, -0.05) is 23.6 Å². The summed E-state index contributed by atoms with van der Waals surface area (Å²) >= 11 is 1.47. The van der Waals surface area contributed by atoms with Crippen molar-refractivity contribution in [3.05, 3.63) is 41.6 Å². The van der Waals surface area contributed by atoms with Crippen LogP contribution in [0.4, 0.5) is 14.5 Å². The van der Waals surface area contributed by atoms with Gasteiger partial charge in [0.05, 0.1) is 6.10 Å². The molecule has 4 nitrogen and oxygen atoms in total. The number of hydrogen-bond acceptors (Lipinski definition) is 4. The van der Waals surface area contributed by atoms with E-state index < -0.39 is 5.92 Å². The molecule has 0 heterocycles. The molecule has 0 bridgehead atoms. The Morgan fingerprint density at radius 3 is 2.57 bits per heavy atom. The number of amides is 1. The van der Waals surface area contributed by atoms with Crippen molar-refractivity contribution in [1.82, 2.24) is 4.90 Å². The van der Waals surface area contributed by atoms with Gasteiger partial charge >= 0.3 is 0 Å². The molecule has 1 amide bonds. The minimum Gasteiger partial charge on any atom is -0.490 e. The minimum absolute atomic E-state index is 0.149. The molecule has 0 radical (unpaired) electrons. The van der Waals surface area contributed by atoms with Gasteiger partial charge in [-0.25, -0.2) is 8.78 Å². The molecule has 1 aliphatic carbocycles. The fourth-order valence-corrected chi connectivity index (χ4v) is 3.46.